The average molecular weight is 310 g/mol. The number of nitrogens with zero attached hydrogens (tertiary/aromatic N) is 1. The Morgan fingerprint density at radius 1 is 1.30 bits per heavy atom. The fourth-order valence-electron chi connectivity index (χ4n) is 2.32. The van der Waals surface area contributed by atoms with Gasteiger partial charge in [-0.05, 0) is 30.7 Å². The fraction of sp³-hybridized carbons (Fsp3) is 0.118. The number of furan rings is 1. The highest BCUT2D eigenvalue weighted by atomic mass is 16.5. The lowest BCUT2D eigenvalue weighted by molar-refractivity contribution is 0.104. The molecular weight excluding hydrogens is 296 g/mol. The normalized spacial score (nSPS) is 11.2. The maximum atomic E-state index is 12.4. The van der Waals surface area contributed by atoms with Gasteiger partial charge in [0.1, 0.15) is 16.9 Å². The first kappa shape index (κ1) is 14.8. The van der Waals surface area contributed by atoms with E-state index in [2.05, 4.69) is 9.97 Å². The van der Waals surface area contributed by atoms with Crippen molar-refractivity contribution in [3.63, 3.8) is 0 Å². The summed E-state index contributed by atoms with van der Waals surface area (Å²) in [5, 5.41) is 0.175. The maximum absolute atomic E-state index is 12.4. The summed E-state index contributed by atoms with van der Waals surface area (Å²) in [6.45, 7) is 1.63. The van der Waals surface area contributed by atoms with E-state index in [1.807, 2.05) is 12.1 Å². The highest BCUT2D eigenvalue weighted by Gasteiger charge is 2.19. The van der Waals surface area contributed by atoms with Crippen LogP contribution in [0.4, 0.5) is 0 Å². The summed E-state index contributed by atoms with van der Waals surface area (Å²) in [6, 6.07) is 7.27. The largest absolute Gasteiger partial charge is 0.497 e. The third-order valence-electron chi connectivity index (χ3n) is 3.46. The Morgan fingerprint density at radius 3 is 2.74 bits per heavy atom. The number of aromatic amines is 1. The zero-order chi connectivity index (χ0) is 16.4. The number of H-pyrrole nitrogens is 1. The molecule has 0 saturated carbocycles. The molecule has 0 amide bonds. The van der Waals surface area contributed by atoms with E-state index in [0.717, 1.165) is 11.3 Å². The summed E-state index contributed by atoms with van der Waals surface area (Å²) in [4.78, 5) is 30.7. The minimum atomic E-state index is -0.395. The van der Waals surface area contributed by atoms with E-state index < -0.39 is 5.56 Å². The quantitative estimate of drug-likeness (QED) is 0.591. The summed E-state index contributed by atoms with van der Waals surface area (Å²) >= 11 is 0. The Labute approximate surface area is 131 Å². The smallest absolute Gasteiger partial charge is 0.262 e. The van der Waals surface area contributed by atoms with Crippen molar-refractivity contribution in [2.45, 2.75) is 6.92 Å². The maximum Gasteiger partial charge on any atom is 0.262 e. The Morgan fingerprint density at radius 2 is 2.04 bits per heavy atom. The van der Waals surface area contributed by atoms with Crippen molar-refractivity contribution in [2.75, 3.05) is 7.11 Å². The first-order chi connectivity index (χ1) is 11.1. The van der Waals surface area contributed by atoms with Gasteiger partial charge in [0.25, 0.3) is 5.56 Å². The molecule has 0 saturated heterocycles. The first-order valence-corrected chi connectivity index (χ1v) is 6.93. The van der Waals surface area contributed by atoms with Crippen molar-refractivity contribution in [1.82, 2.24) is 9.97 Å². The molecule has 0 bridgehead atoms. The van der Waals surface area contributed by atoms with Crippen LogP contribution < -0.4 is 10.3 Å². The van der Waals surface area contributed by atoms with Gasteiger partial charge in [0.15, 0.2) is 5.78 Å². The van der Waals surface area contributed by atoms with E-state index in [1.54, 1.807) is 32.2 Å². The van der Waals surface area contributed by atoms with Gasteiger partial charge in [-0.1, -0.05) is 18.2 Å². The Balaban J connectivity index is 1.96. The lowest BCUT2D eigenvalue weighted by Gasteiger charge is -1.99. The number of hydrogen-bond donors (Lipinski definition) is 1. The van der Waals surface area contributed by atoms with Crippen LogP contribution in [0.15, 0.2) is 45.9 Å². The van der Waals surface area contributed by atoms with Crippen molar-refractivity contribution in [2.24, 2.45) is 0 Å². The molecule has 23 heavy (non-hydrogen) atoms. The minimum absolute atomic E-state index is 0.160. The number of aryl methyl sites for hydroxylation is 1. The number of rotatable bonds is 4. The topological polar surface area (TPSA) is 85.2 Å². The van der Waals surface area contributed by atoms with Crippen LogP contribution in [0.25, 0.3) is 17.2 Å². The second kappa shape index (κ2) is 5.92. The molecule has 6 nitrogen and oxygen atoms in total. The van der Waals surface area contributed by atoms with Crippen LogP contribution in [0.1, 0.15) is 21.7 Å². The summed E-state index contributed by atoms with van der Waals surface area (Å²) < 4.78 is 10.5. The summed E-state index contributed by atoms with van der Waals surface area (Å²) in [5.41, 5.74) is 0.844. The molecule has 0 atom stereocenters. The molecule has 1 aromatic carbocycles. The lowest BCUT2D eigenvalue weighted by Crippen LogP contribution is -2.09. The Hall–Kier alpha value is -3.15. The van der Waals surface area contributed by atoms with Gasteiger partial charge in [-0.2, -0.15) is 0 Å². The molecule has 0 aliphatic carbocycles. The number of nitrogens with one attached hydrogen (secondary N) is 1. The molecule has 116 valence electrons. The Bertz CT molecular complexity index is 949. The zero-order valence-corrected chi connectivity index (χ0v) is 12.6. The van der Waals surface area contributed by atoms with Crippen LogP contribution in [-0.4, -0.2) is 22.9 Å². The molecule has 0 aliphatic rings. The number of hydrogen-bond acceptors (Lipinski definition) is 5. The SMILES string of the molecule is COc1ccc(/C=C/C(=O)c2c(C)oc3nc[nH]c(=O)c23)cc1. The molecule has 2 heterocycles. The number of benzene rings is 1. The van der Waals surface area contributed by atoms with Gasteiger partial charge in [-0.25, -0.2) is 4.98 Å². The van der Waals surface area contributed by atoms with E-state index in [4.69, 9.17) is 9.15 Å². The van der Waals surface area contributed by atoms with Crippen molar-refractivity contribution in [3.8, 4) is 5.75 Å². The standard InChI is InChI=1S/C17H14N2O4/c1-10-14(15-16(21)18-9-19-17(15)23-10)13(20)8-5-11-3-6-12(22-2)7-4-11/h3-9H,1-2H3,(H,18,19,21)/b8-5+. The molecule has 0 unspecified atom stereocenters. The summed E-state index contributed by atoms with van der Waals surface area (Å²) in [7, 11) is 1.59. The van der Waals surface area contributed by atoms with E-state index in [0.29, 0.717) is 5.76 Å². The number of allylic oxidation sites excluding steroid dienone is 1. The molecule has 3 rings (SSSR count). The third-order valence-corrected chi connectivity index (χ3v) is 3.46. The van der Waals surface area contributed by atoms with Crippen LogP contribution in [0.2, 0.25) is 0 Å². The molecule has 6 heteroatoms. The first-order valence-electron chi connectivity index (χ1n) is 6.93. The van der Waals surface area contributed by atoms with Crippen molar-refractivity contribution in [3.05, 3.63) is 63.9 Å². The average Bonchev–Trinajstić information content (AvgIpc) is 2.90. The molecule has 0 radical (unpaired) electrons. The van der Waals surface area contributed by atoms with Crippen molar-refractivity contribution < 1.29 is 13.9 Å². The van der Waals surface area contributed by atoms with Gasteiger partial charge in [0.2, 0.25) is 5.71 Å². The van der Waals surface area contributed by atoms with E-state index in [1.165, 1.54) is 12.4 Å². The number of methoxy groups -OCH3 is 1. The third kappa shape index (κ3) is 2.78. The zero-order valence-electron chi connectivity index (χ0n) is 12.6. The number of aromatic nitrogens is 2. The molecule has 0 fully saturated rings. The second-order valence-corrected chi connectivity index (χ2v) is 4.92. The summed E-state index contributed by atoms with van der Waals surface area (Å²) in [5.74, 6) is 0.798. The molecule has 0 spiro atoms. The minimum Gasteiger partial charge on any atom is -0.497 e. The number of ether oxygens (including phenoxy) is 1. The van der Waals surface area contributed by atoms with E-state index in [-0.39, 0.29) is 22.4 Å². The predicted molar refractivity (Wildman–Crippen MR) is 85.7 cm³/mol. The molecule has 0 aliphatic heterocycles. The van der Waals surface area contributed by atoms with Gasteiger partial charge in [-0.15, -0.1) is 0 Å². The lowest BCUT2D eigenvalue weighted by atomic mass is 10.1. The monoisotopic (exact) mass is 310 g/mol. The molecule has 2 aromatic heterocycles. The second-order valence-electron chi connectivity index (χ2n) is 4.92. The van der Waals surface area contributed by atoms with Gasteiger partial charge in [-0.3, -0.25) is 9.59 Å². The van der Waals surface area contributed by atoms with Crippen molar-refractivity contribution >= 4 is 23.0 Å². The van der Waals surface area contributed by atoms with Crippen LogP contribution in [0.5, 0.6) is 5.75 Å². The number of carbonyl (C=O) groups is 1. The van der Waals surface area contributed by atoms with Crippen LogP contribution >= 0.6 is 0 Å². The molecular formula is C17H14N2O4. The summed E-state index contributed by atoms with van der Waals surface area (Å²) in [6.07, 6.45) is 4.32. The number of fused-ring (bicyclic) bond motifs is 1. The van der Waals surface area contributed by atoms with Gasteiger partial charge in [0, 0.05) is 0 Å². The van der Waals surface area contributed by atoms with E-state index >= 15 is 0 Å². The van der Waals surface area contributed by atoms with Crippen LogP contribution in [0, 0.1) is 6.92 Å². The van der Waals surface area contributed by atoms with Crippen LogP contribution in [0.3, 0.4) is 0 Å². The number of ketones is 1. The van der Waals surface area contributed by atoms with Gasteiger partial charge in [0.05, 0.1) is 19.0 Å². The fourth-order valence-corrected chi connectivity index (χ4v) is 2.32. The van der Waals surface area contributed by atoms with Gasteiger partial charge >= 0.3 is 0 Å². The predicted octanol–water partition coefficient (Wildman–Crippen LogP) is 2.73. The Kier molecular flexibility index (Phi) is 3.80. The highest BCUT2D eigenvalue weighted by Crippen LogP contribution is 2.21. The van der Waals surface area contributed by atoms with Crippen molar-refractivity contribution in [1.29, 1.82) is 0 Å². The van der Waals surface area contributed by atoms with Gasteiger partial charge < -0.3 is 14.1 Å². The van der Waals surface area contributed by atoms with Crippen LogP contribution in [-0.2, 0) is 0 Å². The molecule has 3 aromatic rings. The number of carbonyl (C=O) groups excluding carboxylic acids is 1. The van der Waals surface area contributed by atoms with E-state index in [9.17, 15) is 9.59 Å². The molecule has 1 N–H and O–H groups in total. The highest BCUT2D eigenvalue weighted by molar-refractivity contribution is 6.14.